The molecule has 106 valence electrons. The minimum Gasteiger partial charge on any atom is -0.494 e. The van der Waals surface area contributed by atoms with Crippen LogP contribution in [0, 0.1) is 0 Å². The summed E-state index contributed by atoms with van der Waals surface area (Å²) in [5.41, 5.74) is 0.527. The van der Waals surface area contributed by atoms with Gasteiger partial charge >= 0.3 is 5.97 Å². The molecule has 0 spiro atoms. The van der Waals surface area contributed by atoms with E-state index in [2.05, 4.69) is 4.74 Å². The van der Waals surface area contributed by atoms with Gasteiger partial charge in [0.2, 0.25) is 0 Å². The molecule has 4 heteroatoms. The Morgan fingerprint density at radius 1 is 1.05 bits per heavy atom. The number of carbonyl (C=O) groups excluding carboxylic acids is 1. The highest BCUT2D eigenvalue weighted by molar-refractivity contribution is 5.89. The van der Waals surface area contributed by atoms with Gasteiger partial charge in [-0.3, -0.25) is 0 Å². The van der Waals surface area contributed by atoms with E-state index < -0.39 is 0 Å². The van der Waals surface area contributed by atoms with Gasteiger partial charge in [-0.25, -0.2) is 4.79 Å². The van der Waals surface area contributed by atoms with E-state index in [1.165, 1.54) is 7.11 Å². The first-order valence-electron chi connectivity index (χ1n) is 6.70. The fraction of sp³-hybridized carbons (Fsp3) is 0.533. The van der Waals surface area contributed by atoms with Crippen LogP contribution in [0.5, 0.6) is 5.75 Å². The molecule has 19 heavy (non-hydrogen) atoms. The van der Waals surface area contributed by atoms with Crippen LogP contribution in [0.15, 0.2) is 24.3 Å². The number of esters is 1. The lowest BCUT2D eigenvalue weighted by Crippen LogP contribution is -2.01. The number of aliphatic hydroxyl groups excluding tert-OH is 1. The van der Waals surface area contributed by atoms with Crippen LogP contribution < -0.4 is 4.74 Å². The maximum Gasteiger partial charge on any atom is 0.337 e. The number of aliphatic hydroxyl groups is 1. The molecule has 1 aromatic rings. The highest BCUT2D eigenvalue weighted by Gasteiger charge is 2.04. The molecule has 0 aliphatic rings. The molecule has 1 rings (SSSR count). The van der Waals surface area contributed by atoms with Gasteiger partial charge in [0.05, 0.1) is 19.3 Å². The third-order valence-electron chi connectivity index (χ3n) is 2.85. The first-order valence-corrected chi connectivity index (χ1v) is 6.70. The van der Waals surface area contributed by atoms with Gasteiger partial charge in [-0.15, -0.1) is 0 Å². The minimum absolute atomic E-state index is 0.281. The van der Waals surface area contributed by atoms with Crippen molar-refractivity contribution in [2.45, 2.75) is 32.1 Å². The zero-order chi connectivity index (χ0) is 13.9. The van der Waals surface area contributed by atoms with Crippen LogP contribution in [0.25, 0.3) is 0 Å². The standard InChI is InChI=1S/C15H22O4/c1-18-15(17)13-7-9-14(10-8-13)19-12-6-4-2-3-5-11-16/h7-10,16H,2-6,11-12H2,1H3. The van der Waals surface area contributed by atoms with E-state index in [1.54, 1.807) is 24.3 Å². The Morgan fingerprint density at radius 3 is 2.32 bits per heavy atom. The van der Waals surface area contributed by atoms with Crippen molar-refractivity contribution in [1.82, 2.24) is 0 Å². The lowest BCUT2D eigenvalue weighted by Gasteiger charge is -2.06. The molecule has 0 bridgehead atoms. The van der Waals surface area contributed by atoms with Gasteiger partial charge in [-0.1, -0.05) is 19.3 Å². The van der Waals surface area contributed by atoms with Gasteiger partial charge < -0.3 is 14.6 Å². The quantitative estimate of drug-likeness (QED) is 0.551. The smallest absolute Gasteiger partial charge is 0.337 e. The highest BCUT2D eigenvalue weighted by atomic mass is 16.5. The molecule has 0 amide bonds. The summed E-state index contributed by atoms with van der Waals surface area (Å²) in [6, 6.07) is 6.95. The molecule has 0 saturated carbocycles. The Bertz CT molecular complexity index is 359. The number of hydrogen-bond donors (Lipinski definition) is 1. The molecule has 0 aliphatic carbocycles. The van der Waals surface area contributed by atoms with E-state index in [0.29, 0.717) is 12.2 Å². The van der Waals surface area contributed by atoms with Crippen molar-refractivity contribution in [3.63, 3.8) is 0 Å². The Morgan fingerprint density at radius 2 is 1.68 bits per heavy atom. The van der Waals surface area contributed by atoms with E-state index >= 15 is 0 Å². The average molecular weight is 266 g/mol. The molecule has 1 aromatic carbocycles. The highest BCUT2D eigenvalue weighted by Crippen LogP contribution is 2.13. The van der Waals surface area contributed by atoms with Gasteiger partial charge in [0.25, 0.3) is 0 Å². The largest absolute Gasteiger partial charge is 0.494 e. The normalized spacial score (nSPS) is 10.2. The van der Waals surface area contributed by atoms with Crippen LogP contribution in [0.3, 0.4) is 0 Å². The molecule has 0 heterocycles. The first kappa shape index (κ1) is 15.5. The van der Waals surface area contributed by atoms with Crippen LogP contribution in [-0.2, 0) is 4.74 Å². The lowest BCUT2D eigenvalue weighted by atomic mass is 10.1. The summed E-state index contributed by atoms with van der Waals surface area (Å²) in [6.07, 6.45) is 5.20. The third kappa shape index (κ3) is 6.25. The summed E-state index contributed by atoms with van der Waals surface area (Å²) in [6.45, 7) is 0.958. The first-order chi connectivity index (χ1) is 9.27. The summed E-state index contributed by atoms with van der Waals surface area (Å²) in [5.74, 6) is 0.429. The summed E-state index contributed by atoms with van der Waals surface area (Å²) >= 11 is 0. The predicted molar refractivity (Wildman–Crippen MR) is 73.4 cm³/mol. The van der Waals surface area contributed by atoms with E-state index in [9.17, 15) is 4.79 Å². The second-order valence-corrected chi connectivity index (χ2v) is 4.36. The summed E-state index contributed by atoms with van der Waals surface area (Å²) < 4.78 is 10.2. The monoisotopic (exact) mass is 266 g/mol. The fourth-order valence-corrected chi connectivity index (χ4v) is 1.74. The average Bonchev–Trinajstić information content (AvgIpc) is 2.46. The topological polar surface area (TPSA) is 55.8 Å². The van der Waals surface area contributed by atoms with E-state index in [0.717, 1.165) is 37.9 Å². The van der Waals surface area contributed by atoms with E-state index in [-0.39, 0.29) is 12.6 Å². The molecule has 0 aliphatic heterocycles. The number of rotatable bonds is 9. The summed E-state index contributed by atoms with van der Waals surface area (Å²) in [7, 11) is 1.36. The van der Waals surface area contributed by atoms with Crippen molar-refractivity contribution in [3.05, 3.63) is 29.8 Å². The number of hydrogen-bond acceptors (Lipinski definition) is 4. The molecule has 0 radical (unpaired) electrons. The van der Waals surface area contributed by atoms with Gasteiger partial charge in [-0.2, -0.15) is 0 Å². The number of unbranched alkanes of at least 4 members (excludes halogenated alkanes) is 4. The maximum absolute atomic E-state index is 11.2. The Balaban J connectivity index is 2.18. The molecule has 0 atom stereocenters. The van der Waals surface area contributed by atoms with Crippen LogP contribution in [0.1, 0.15) is 42.5 Å². The van der Waals surface area contributed by atoms with Crippen LogP contribution >= 0.6 is 0 Å². The zero-order valence-electron chi connectivity index (χ0n) is 11.4. The van der Waals surface area contributed by atoms with Gasteiger partial charge in [0, 0.05) is 6.61 Å². The zero-order valence-corrected chi connectivity index (χ0v) is 11.4. The molecular formula is C15H22O4. The molecule has 0 saturated heterocycles. The fourth-order valence-electron chi connectivity index (χ4n) is 1.74. The van der Waals surface area contributed by atoms with Crippen LogP contribution in [-0.4, -0.2) is 31.4 Å². The Hall–Kier alpha value is -1.55. The summed E-state index contributed by atoms with van der Waals surface area (Å²) in [4.78, 5) is 11.2. The van der Waals surface area contributed by atoms with Crippen molar-refractivity contribution in [2.24, 2.45) is 0 Å². The van der Waals surface area contributed by atoms with E-state index in [1.807, 2.05) is 0 Å². The lowest BCUT2D eigenvalue weighted by molar-refractivity contribution is 0.0600. The van der Waals surface area contributed by atoms with Crippen LogP contribution in [0.2, 0.25) is 0 Å². The minimum atomic E-state index is -0.338. The Kier molecular flexibility index (Phi) is 7.66. The maximum atomic E-state index is 11.2. The second kappa shape index (κ2) is 9.39. The van der Waals surface area contributed by atoms with Gasteiger partial charge in [0.1, 0.15) is 5.75 Å². The van der Waals surface area contributed by atoms with Crippen LogP contribution in [0.4, 0.5) is 0 Å². The SMILES string of the molecule is COC(=O)c1ccc(OCCCCCCCO)cc1. The van der Waals surface area contributed by atoms with Gasteiger partial charge in [0.15, 0.2) is 0 Å². The number of ether oxygens (including phenoxy) is 2. The second-order valence-electron chi connectivity index (χ2n) is 4.36. The van der Waals surface area contributed by atoms with Gasteiger partial charge in [-0.05, 0) is 37.1 Å². The van der Waals surface area contributed by atoms with Crippen molar-refractivity contribution in [2.75, 3.05) is 20.3 Å². The molecular weight excluding hydrogens is 244 g/mol. The summed E-state index contributed by atoms with van der Waals surface area (Å²) in [5, 5.41) is 8.64. The van der Waals surface area contributed by atoms with E-state index in [4.69, 9.17) is 9.84 Å². The van der Waals surface area contributed by atoms with Crippen molar-refractivity contribution >= 4 is 5.97 Å². The number of carbonyl (C=O) groups is 1. The van der Waals surface area contributed by atoms with Crippen molar-refractivity contribution in [1.29, 1.82) is 0 Å². The third-order valence-corrected chi connectivity index (χ3v) is 2.85. The van der Waals surface area contributed by atoms with Crippen molar-refractivity contribution < 1.29 is 19.4 Å². The Labute approximate surface area is 114 Å². The molecule has 0 aromatic heterocycles. The molecule has 4 nitrogen and oxygen atoms in total. The molecule has 0 fully saturated rings. The molecule has 0 unspecified atom stereocenters. The number of benzene rings is 1. The number of methoxy groups -OCH3 is 1. The predicted octanol–water partition coefficient (Wildman–Crippen LogP) is 2.79. The van der Waals surface area contributed by atoms with Crippen molar-refractivity contribution in [3.8, 4) is 5.75 Å². The molecule has 1 N–H and O–H groups in total.